The summed E-state index contributed by atoms with van der Waals surface area (Å²) in [5, 5.41) is 1.18. The molecule has 0 aliphatic rings. The van der Waals surface area contributed by atoms with Crippen LogP contribution < -0.4 is 0 Å². The fraction of sp³-hybridized carbons (Fsp3) is 0.625. The maximum Gasteiger partial charge on any atom is 0.0896 e. The average molecular weight is 155 g/mol. The van der Waals surface area contributed by atoms with Crippen molar-refractivity contribution in [3.05, 3.63) is 16.1 Å². The third-order valence-electron chi connectivity index (χ3n) is 1.74. The molecule has 0 spiro atoms. The van der Waals surface area contributed by atoms with Crippen LogP contribution in [0.2, 0.25) is 0 Å². The molecule has 1 aromatic heterocycles. The van der Waals surface area contributed by atoms with Gasteiger partial charge in [-0.1, -0.05) is 13.8 Å². The van der Waals surface area contributed by atoms with Gasteiger partial charge in [-0.15, -0.1) is 11.3 Å². The van der Waals surface area contributed by atoms with Gasteiger partial charge < -0.3 is 0 Å². The first-order valence-corrected chi connectivity index (χ1v) is 4.48. The Bertz CT molecular complexity index is 205. The predicted octanol–water partition coefficient (Wildman–Crippen LogP) is 2.97. The van der Waals surface area contributed by atoms with Crippen LogP contribution in [-0.4, -0.2) is 4.98 Å². The van der Waals surface area contributed by atoms with E-state index in [0.717, 1.165) is 0 Å². The van der Waals surface area contributed by atoms with Crippen LogP contribution in [0.4, 0.5) is 0 Å². The fourth-order valence-electron chi connectivity index (χ4n) is 0.807. The topological polar surface area (TPSA) is 12.9 Å². The van der Waals surface area contributed by atoms with E-state index in [0.29, 0.717) is 5.92 Å². The maximum absolute atomic E-state index is 4.20. The molecule has 0 saturated heterocycles. The Morgan fingerprint density at radius 3 is 2.80 bits per heavy atom. The zero-order valence-corrected chi connectivity index (χ0v) is 7.53. The maximum atomic E-state index is 4.20. The third kappa shape index (κ3) is 1.57. The lowest BCUT2D eigenvalue weighted by Crippen LogP contribution is -1.84. The highest BCUT2D eigenvalue weighted by Crippen LogP contribution is 2.23. The smallest absolute Gasteiger partial charge is 0.0896 e. The van der Waals surface area contributed by atoms with Gasteiger partial charge in [-0.25, -0.2) is 4.98 Å². The Labute approximate surface area is 66.1 Å². The molecule has 0 fully saturated rings. The Hall–Kier alpha value is -0.370. The van der Waals surface area contributed by atoms with Crippen molar-refractivity contribution in [3.8, 4) is 0 Å². The Morgan fingerprint density at radius 1 is 1.70 bits per heavy atom. The summed E-state index contributed by atoms with van der Waals surface area (Å²) in [4.78, 5) is 5.62. The summed E-state index contributed by atoms with van der Waals surface area (Å²) in [7, 11) is 0. The highest BCUT2D eigenvalue weighted by molar-refractivity contribution is 7.11. The van der Waals surface area contributed by atoms with E-state index >= 15 is 0 Å². The van der Waals surface area contributed by atoms with E-state index < -0.39 is 0 Å². The van der Waals surface area contributed by atoms with E-state index in [1.165, 1.54) is 16.3 Å². The molecular weight excluding hydrogens is 142 g/mol. The van der Waals surface area contributed by atoms with Gasteiger partial charge in [0.15, 0.2) is 0 Å². The summed E-state index contributed by atoms with van der Waals surface area (Å²) < 4.78 is 0. The van der Waals surface area contributed by atoms with Crippen LogP contribution in [0.5, 0.6) is 0 Å². The van der Waals surface area contributed by atoms with Gasteiger partial charge in [-0.3, -0.25) is 0 Å². The zero-order chi connectivity index (χ0) is 7.56. The molecule has 2 heteroatoms. The lowest BCUT2D eigenvalue weighted by molar-refractivity contribution is 0.746. The Balaban J connectivity index is 2.74. The average Bonchev–Trinajstić information content (AvgIpc) is 2.34. The molecule has 0 aliphatic heterocycles. The third-order valence-corrected chi connectivity index (χ3v) is 2.88. The van der Waals surface area contributed by atoms with Crippen LogP contribution in [0.25, 0.3) is 0 Å². The molecule has 0 aromatic carbocycles. The van der Waals surface area contributed by atoms with Crippen molar-refractivity contribution in [1.82, 2.24) is 4.98 Å². The van der Waals surface area contributed by atoms with Crippen molar-refractivity contribution in [2.24, 2.45) is 0 Å². The largest absolute Gasteiger partial charge is 0.250 e. The molecule has 0 saturated carbocycles. The molecule has 0 N–H and O–H groups in total. The summed E-state index contributed by atoms with van der Waals surface area (Å²) in [6.07, 6.45) is 3.20. The van der Waals surface area contributed by atoms with Gasteiger partial charge in [0.05, 0.1) is 5.01 Å². The fourth-order valence-corrected chi connectivity index (χ4v) is 1.73. The number of hydrogen-bond donors (Lipinski definition) is 0. The first-order valence-electron chi connectivity index (χ1n) is 3.66. The van der Waals surface area contributed by atoms with E-state index in [1.807, 2.05) is 17.5 Å². The quantitative estimate of drug-likeness (QED) is 0.640. The van der Waals surface area contributed by atoms with Crippen LogP contribution >= 0.6 is 11.3 Å². The molecule has 56 valence electrons. The van der Waals surface area contributed by atoms with E-state index in [4.69, 9.17) is 0 Å². The van der Waals surface area contributed by atoms with Gasteiger partial charge >= 0.3 is 0 Å². The van der Waals surface area contributed by atoms with Crippen LogP contribution in [0.1, 0.15) is 36.1 Å². The molecule has 1 nitrogen and oxygen atoms in total. The van der Waals surface area contributed by atoms with Crippen molar-refractivity contribution >= 4 is 11.3 Å². The normalized spacial score (nSPS) is 13.5. The molecule has 0 radical (unpaired) electrons. The molecule has 1 rings (SSSR count). The summed E-state index contributed by atoms with van der Waals surface area (Å²) in [5.41, 5.74) is 0. The molecule has 0 bridgehead atoms. The van der Waals surface area contributed by atoms with Crippen LogP contribution in [0, 0.1) is 6.92 Å². The molecule has 10 heavy (non-hydrogen) atoms. The van der Waals surface area contributed by atoms with Crippen molar-refractivity contribution in [3.63, 3.8) is 0 Å². The first-order chi connectivity index (χ1) is 4.74. The lowest BCUT2D eigenvalue weighted by Gasteiger charge is -2.01. The highest BCUT2D eigenvalue weighted by atomic mass is 32.1. The molecule has 0 aliphatic carbocycles. The van der Waals surface area contributed by atoms with E-state index in [-0.39, 0.29) is 0 Å². The number of aromatic nitrogens is 1. The summed E-state index contributed by atoms with van der Waals surface area (Å²) in [6.45, 7) is 6.50. The van der Waals surface area contributed by atoms with Gasteiger partial charge in [-0.2, -0.15) is 0 Å². The van der Waals surface area contributed by atoms with Crippen LogP contribution in [0.3, 0.4) is 0 Å². The minimum atomic E-state index is 0.686. The standard InChI is InChI=1S/C8H13NS/c1-4-6(2)8-5-9-7(3)10-8/h5-6H,4H2,1-3H3. The number of aryl methyl sites for hydroxylation is 1. The van der Waals surface area contributed by atoms with Crippen LogP contribution in [0.15, 0.2) is 6.20 Å². The molecule has 1 atom stereocenters. The van der Waals surface area contributed by atoms with E-state index in [9.17, 15) is 0 Å². The SMILES string of the molecule is CCC(C)c1cnc(C)s1. The Morgan fingerprint density at radius 2 is 2.40 bits per heavy atom. The summed E-state index contributed by atoms with van der Waals surface area (Å²) >= 11 is 1.81. The molecular formula is C8H13NS. The Kier molecular flexibility index (Phi) is 2.44. The minimum Gasteiger partial charge on any atom is -0.250 e. The molecule has 0 amide bonds. The van der Waals surface area contributed by atoms with E-state index in [1.54, 1.807) is 0 Å². The van der Waals surface area contributed by atoms with Gasteiger partial charge in [0.25, 0.3) is 0 Å². The second-order valence-corrected chi connectivity index (χ2v) is 3.86. The number of thiazole rings is 1. The van der Waals surface area contributed by atoms with Crippen molar-refractivity contribution in [2.45, 2.75) is 33.1 Å². The number of nitrogens with zero attached hydrogens (tertiary/aromatic N) is 1. The van der Waals surface area contributed by atoms with Gasteiger partial charge in [0.1, 0.15) is 0 Å². The van der Waals surface area contributed by atoms with Crippen molar-refractivity contribution in [1.29, 1.82) is 0 Å². The van der Waals surface area contributed by atoms with Crippen molar-refractivity contribution in [2.75, 3.05) is 0 Å². The van der Waals surface area contributed by atoms with Gasteiger partial charge in [-0.05, 0) is 19.3 Å². The molecule has 1 aromatic rings. The monoisotopic (exact) mass is 155 g/mol. The number of rotatable bonds is 2. The summed E-state index contributed by atoms with van der Waals surface area (Å²) in [6, 6.07) is 0. The second kappa shape index (κ2) is 3.15. The first kappa shape index (κ1) is 7.73. The highest BCUT2D eigenvalue weighted by Gasteiger charge is 2.04. The molecule has 1 unspecified atom stereocenters. The molecule has 1 heterocycles. The predicted molar refractivity (Wildman–Crippen MR) is 45.6 cm³/mol. The summed E-state index contributed by atoms with van der Waals surface area (Å²) in [5.74, 6) is 0.686. The second-order valence-electron chi connectivity index (χ2n) is 2.59. The lowest BCUT2D eigenvalue weighted by atomic mass is 10.1. The van der Waals surface area contributed by atoms with Gasteiger partial charge in [0.2, 0.25) is 0 Å². The van der Waals surface area contributed by atoms with Crippen LogP contribution in [-0.2, 0) is 0 Å². The van der Waals surface area contributed by atoms with Gasteiger partial charge in [0, 0.05) is 11.1 Å². The van der Waals surface area contributed by atoms with E-state index in [2.05, 4.69) is 25.8 Å². The number of hydrogen-bond acceptors (Lipinski definition) is 2. The van der Waals surface area contributed by atoms with Crippen molar-refractivity contribution < 1.29 is 0 Å². The zero-order valence-electron chi connectivity index (χ0n) is 6.72. The minimum absolute atomic E-state index is 0.686.